The first-order valence-corrected chi connectivity index (χ1v) is 6.80. The summed E-state index contributed by atoms with van der Waals surface area (Å²) in [5, 5.41) is 2.25. The summed E-state index contributed by atoms with van der Waals surface area (Å²) >= 11 is 3.72. The van der Waals surface area contributed by atoms with Crippen molar-refractivity contribution in [1.82, 2.24) is 0 Å². The van der Waals surface area contributed by atoms with E-state index in [1.807, 2.05) is 22.7 Å². The fourth-order valence-electron chi connectivity index (χ4n) is 1.90. The van der Waals surface area contributed by atoms with Crippen LogP contribution in [0.15, 0.2) is 17.5 Å². The molecule has 15 heavy (non-hydrogen) atoms. The molecular formula is C12H12OS2. The summed E-state index contributed by atoms with van der Waals surface area (Å²) < 4.78 is 5.66. The molecule has 3 heteroatoms. The second kappa shape index (κ2) is 3.65. The van der Waals surface area contributed by atoms with Crippen molar-refractivity contribution in [2.75, 3.05) is 6.61 Å². The lowest BCUT2D eigenvalue weighted by Gasteiger charge is -1.99. The first kappa shape index (κ1) is 9.43. The molecule has 0 amide bonds. The topological polar surface area (TPSA) is 9.23 Å². The van der Waals surface area contributed by atoms with Crippen LogP contribution in [-0.4, -0.2) is 6.61 Å². The van der Waals surface area contributed by atoms with Gasteiger partial charge >= 0.3 is 0 Å². The van der Waals surface area contributed by atoms with Crippen LogP contribution in [0, 0.1) is 6.92 Å². The van der Waals surface area contributed by atoms with E-state index in [1.54, 1.807) is 0 Å². The van der Waals surface area contributed by atoms with Crippen LogP contribution in [0.1, 0.15) is 20.2 Å². The highest BCUT2D eigenvalue weighted by Gasteiger charge is 2.18. The highest BCUT2D eigenvalue weighted by Crippen LogP contribution is 2.37. The maximum absolute atomic E-state index is 5.66. The van der Waals surface area contributed by atoms with Gasteiger partial charge in [0, 0.05) is 28.2 Å². The fourth-order valence-corrected chi connectivity index (χ4v) is 3.94. The first-order valence-electron chi connectivity index (χ1n) is 5.10. The smallest absolute Gasteiger partial charge is 0.136 e. The van der Waals surface area contributed by atoms with E-state index in [0.717, 1.165) is 19.4 Å². The number of aryl methyl sites for hydroxylation is 1. The number of hydrogen-bond acceptors (Lipinski definition) is 3. The van der Waals surface area contributed by atoms with Gasteiger partial charge in [-0.1, -0.05) is 0 Å². The standard InChI is InChI=1S/C12H12OS2/c1-8-2-3-10(15-8)6-11-12-9(7-14-11)4-5-13-12/h2-3,7H,4-6H2,1H3. The zero-order valence-electron chi connectivity index (χ0n) is 8.58. The van der Waals surface area contributed by atoms with Crippen molar-refractivity contribution in [3.05, 3.63) is 37.7 Å². The first-order chi connectivity index (χ1) is 7.33. The minimum absolute atomic E-state index is 0.870. The van der Waals surface area contributed by atoms with E-state index in [9.17, 15) is 0 Å². The second-order valence-corrected chi connectivity index (χ2v) is 6.14. The van der Waals surface area contributed by atoms with Gasteiger partial charge < -0.3 is 4.74 Å². The molecule has 0 bridgehead atoms. The van der Waals surface area contributed by atoms with Crippen LogP contribution in [0.3, 0.4) is 0 Å². The van der Waals surface area contributed by atoms with Gasteiger partial charge in [0.25, 0.3) is 0 Å². The number of hydrogen-bond donors (Lipinski definition) is 0. The summed E-state index contributed by atoms with van der Waals surface area (Å²) in [5.74, 6) is 1.17. The summed E-state index contributed by atoms with van der Waals surface area (Å²) in [6.45, 7) is 3.03. The van der Waals surface area contributed by atoms with Crippen molar-refractivity contribution in [1.29, 1.82) is 0 Å². The third-order valence-electron chi connectivity index (χ3n) is 2.64. The lowest BCUT2D eigenvalue weighted by atomic mass is 10.2. The van der Waals surface area contributed by atoms with Crippen molar-refractivity contribution in [2.45, 2.75) is 19.8 Å². The minimum atomic E-state index is 0.870. The molecular weight excluding hydrogens is 224 g/mol. The Morgan fingerprint density at radius 2 is 2.33 bits per heavy atom. The number of fused-ring (bicyclic) bond motifs is 1. The van der Waals surface area contributed by atoms with Gasteiger partial charge in [-0.3, -0.25) is 0 Å². The molecule has 0 spiro atoms. The maximum atomic E-state index is 5.66. The van der Waals surface area contributed by atoms with Crippen molar-refractivity contribution >= 4 is 22.7 Å². The minimum Gasteiger partial charge on any atom is -0.492 e. The van der Waals surface area contributed by atoms with Crippen LogP contribution in [-0.2, 0) is 12.8 Å². The van der Waals surface area contributed by atoms with Gasteiger partial charge in [0.2, 0.25) is 0 Å². The molecule has 0 fully saturated rings. The monoisotopic (exact) mass is 236 g/mol. The van der Waals surface area contributed by atoms with E-state index >= 15 is 0 Å². The molecule has 3 rings (SSSR count). The highest BCUT2D eigenvalue weighted by atomic mass is 32.1. The molecule has 0 N–H and O–H groups in total. The van der Waals surface area contributed by atoms with Gasteiger partial charge in [0.15, 0.2) is 0 Å². The van der Waals surface area contributed by atoms with Gasteiger partial charge in [-0.2, -0.15) is 0 Å². The molecule has 2 aromatic heterocycles. The molecule has 2 aromatic rings. The normalized spacial score (nSPS) is 13.9. The van der Waals surface area contributed by atoms with Gasteiger partial charge in [0.1, 0.15) is 5.75 Å². The van der Waals surface area contributed by atoms with Crippen molar-refractivity contribution in [2.24, 2.45) is 0 Å². The largest absolute Gasteiger partial charge is 0.492 e. The quantitative estimate of drug-likeness (QED) is 0.773. The van der Waals surface area contributed by atoms with E-state index in [1.165, 1.54) is 25.9 Å². The molecule has 1 nitrogen and oxygen atoms in total. The third kappa shape index (κ3) is 1.70. The molecule has 0 unspecified atom stereocenters. The Bertz CT molecular complexity index is 482. The average molecular weight is 236 g/mol. The summed E-state index contributed by atoms with van der Waals surface area (Å²) in [5.41, 5.74) is 1.41. The van der Waals surface area contributed by atoms with Gasteiger partial charge in [-0.25, -0.2) is 0 Å². The van der Waals surface area contributed by atoms with Crippen LogP contribution in [0.25, 0.3) is 0 Å². The second-order valence-electron chi connectivity index (χ2n) is 3.80. The van der Waals surface area contributed by atoms with Crippen LogP contribution >= 0.6 is 22.7 Å². The summed E-state index contributed by atoms with van der Waals surface area (Å²) in [7, 11) is 0. The molecule has 0 aliphatic carbocycles. The van der Waals surface area contributed by atoms with Crippen LogP contribution in [0.4, 0.5) is 0 Å². The molecule has 1 aliphatic rings. The van der Waals surface area contributed by atoms with E-state index in [0.29, 0.717) is 0 Å². The Morgan fingerprint density at radius 3 is 3.13 bits per heavy atom. The molecule has 0 saturated carbocycles. The Balaban J connectivity index is 1.88. The van der Waals surface area contributed by atoms with Gasteiger partial charge in [0.05, 0.1) is 11.5 Å². The fraction of sp³-hybridized carbons (Fsp3) is 0.333. The summed E-state index contributed by atoms with van der Waals surface area (Å²) in [6, 6.07) is 4.41. The molecule has 0 radical (unpaired) electrons. The van der Waals surface area contributed by atoms with Crippen LogP contribution in [0.2, 0.25) is 0 Å². The molecule has 0 atom stereocenters. The van der Waals surface area contributed by atoms with Gasteiger partial charge in [-0.05, 0) is 24.4 Å². The van der Waals surface area contributed by atoms with E-state index < -0.39 is 0 Å². The highest BCUT2D eigenvalue weighted by molar-refractivity contribution is 7.12. The van der Waals surface area contributed by atoms with Crippen molar-refractivity contribution in [3.8, 4) is 5.75 Å². The zero-order chi connectivity index (χ0) is 10.3. The van der Waals surface area contributed by atoms with Crippen molar-refractivity contribution < 1.29 is 4.74 Å². The summed E-state index contributed by atoms with van der Waals surface area (Å²) in [6.07, 6.45) is 2.13. The number of rotatable bonds is 2. The van der Waals surface area contributed by atoms with E-state index in [4.69, 9.17) is 4.74 Å². The third-order valence-corrected chi connectivity index (χ3v) is 4.65. The predicted octanol–water partition coefficient (Wildman–Crippen LogP) is 3.64. The number of ether oxygens (including phenoxy) is 1. The average Bonchev–Trinajstić information content (AvgIpc) is 2.85. The molecule has 3 heterocycles. The van der Waals surface area contributed by atoms with E-state index in [-0.39, 0.29) is 0 Å². The Hall–Kier alpha value is -0.800. The Labute approximate surface area is 97.3 Å². The predicted molar refractivity (Wildman–Crippen MR) is 65.4 cm³/mol. The SMILES string of the molecule is Cc1ccc(Cc2scc3c2OCC3)s1. The molecule has 0 saturated heterocycles. The van der Waals surface area contributed by atoms with Crippen molar-refractivity contribution in [3.63, 3.8) is 0 Å². The molecule has 0 aromatic carbocycles. The van der Waals surface area contributed by atoms with Gasteiger partial charge in [-0.15, -0.1) is 22.7 Å². The van der Waals surface area contributed by atoms with E-state index in [2.05, 4.69) is 24.4 Å². The lowest BCUT2D eigenvalue weighted by molar-refractivity contribution is 0.355. The molecule has 78 valence electrons. The Morgan fingerprint density at radius 1 is 1.40 bits per heavy atom. The summed E-state index contributed by atoms with van der Waals surface area (Å²) in [4.78, 5) is 4.22. The Kier molecular flexibility index (Phi) is 2.29. The lowest BCUT2D eigenvalue weighted by Crippen LogP contribution is -1.90. The number of thiophene rings is 2. The molecule has 1 aliphatic heterocycles. The maximum Gasteiger partial charge on any atom is 0.136 e. The van der Waals surface area contributed by atoms with Crippen LogP contribution in [0.5, 0.6) is 5.75 Å². The zero-order valence-corrected chi connectivity index (χ0v) is 10.2. The van der Waals surface area contributed by atoms with Crippen LogP contribution < -0.4 is 4.74 Å².